The molecule has 1 atom stereocenters. The number of phenolic OH excluding ortho intramolecular Hbond substituents is 1. The van der Waals surface area contributed by atoms with Crippen molar-refractivity contribution in [1.82, 2.24) is 10.6 Å². The van der Waals surface area contributed by atoms with Crippen molar-refractivity contribution in [2.45, 2.75) is 19.9 Å². The number of urea groups is 1. The van der Waals surface area contributed by atoms with Crippen molar-refractivity contribution in [3.63, 3.8) is 0 Å². The van der Waals surface area contributed by atoms with Gasteiger partial charge in [-0.05, 0) is 47.5 Å². The molecule has 2 aromatic rings. The summed E-state index contributed by atoms with van der Waals surface area (Å²) in [6.07, 6.45) is 0. The van der Waals surface area contributed by atoms with E-state index in [0.717, 1.165) is 0 Å². The van der Waals surface area contributed by atoms with E-state index < -0.39 is 12.1 Å². The maximum Gasteiger partial charge on any atom is 0.319 e. The number of amides is 2. The first kappa shape index (κ1) is 19.0. The topological polar surface area (TPSA) is 87.7 Å². The summed E-state index contributed by atoms with van der Waals surface area (Å²) in [6, 6.07) is 11.1. The Kier molecular flexibility index (Phi) is 5.51. The maximum absolute atomic E-state index is 13.1. The third-order valence-electron chi connectivity index (χ3n) is 4.23. The fraction of sp³-hybridized carbons (Fsp3) is 0.200. The lowest BCUT2D eigenvalue weighted by atomic mass is 9.89. The number of Topliss-reactive ketones (excluding diaryl/α,β-unsaturated/α-hetero) is 1. The smallest absolute Gasteiger partial charge is 0.319 e. The minimum Gasteiger partial charge on any atom is -0.503 e. The number of rotatable bonds is 5. The molecule has 0 aliphatic carbocycles. The quantitative estimate of drug-likeness (QED) is 0.623. The minimum absolute atomic E-state index is 0.0301. The Bertz CT molecular complexity index is 925. The fourth-order valence-corrected chi connectivity index (χ4v) is 3.48. The molecule has 0 aromatic heterocycles. The highest BCUT2D eigenvalue weighted by molar-refractivity contribution is 9.10. The Balaban J connectivity index is 2.11. The summed E-state index contributed by atoms with van der Waals surface area (Å²) < 4.78 is 5.89. The molecule has 2 amide bonds. The molecule has 0 spiro atoms. The molecule has 0 saturated carbocycles. The van der Waals surface area contributed by atoms with Gasteiger partial charge >= 0.3 is 6.03 Å². The first-order valence-corrected chi connectivity index (χ1v) is 9.25. The van der Waals surface area contributed by atoms with Gasteiger partial charge in [-0.2, -0.15) is 0 Å². The number of aromatic hydroxyl groups is 1. The van der Waals surface area contributed by atoms with Crippen LogP contribution >= 0.6 is 15.9 Å². The van der Waals surface area contributed by atoms with Gasteiger partial charge in [-0.25, -0.2) is 4.79 Å². The summed E-state index contributed by atoms with van der Waals surface area (Å²) in [6.45, 7) is 3.87. The Hall–Kier alpha value is -2.80. The zero-order chi connectivity index (χ0) is 19.6. The van der Waals surface area contributed by atoms with Crippen LogP contribution in [0.25, 0.3) is 0 Å². The first-order chi connectivity index (χ1) is 12.9. The molecule has 1 aliphatic rings. The van der Waals surface area contributed by atoms with Gasteiger partial charge in [0.25, 0.3) is 0 Å². The van der Waals surface area contributed by atoms with E-state index in [1.807, 2.05) is 6.07 Å². The third kappa shape index (κ3) is 3.83. The number of carbonyl (C=O) groups excluding carboxylic acids is 2. The van der Waals surface area contributed by atoms with Gasteiger partial charge in [0.05, 0.1) is 17.1 Å². The van der Waals surface area contributed by atoms with Crippen molar-refractivity contribution in [3.05, 3.63) is 69.3 Å². The maximum atomic E-state index is 13.1. The number of benzene rings is 2. The summed E-state index contributed by atoms with van der Waals surface area (Å²) in [5.74, 6) is 0.0593. The van der Waals surface area contributed by atoms with Crippen LogP contribution in [0.2, 0.25) is 0 Å². The van der Waals surface area contributed by atoms with Crippen LogP contribution in [0.3, 0.4) is 0 Å². The van der Waals surface area contributed by atoms with E-state index >= 15 is 0 Å². The summed E-state index contributed by atoms with van der Waals surface area (Å²) in [7, 11) is 0. The lowest BCUT2D eigenvalue weighted by molar-refractivity contribution is 0.102. The van der Waals surface area contributed by atoms with Gasteiger partial charge in [-0.15, -0.1) is 0 Å². The molecule has 0 fully saturated rings. The van der Waals surface area contributed by atoms with Gasteiger partial charge < -0.3 is 20.5 Å². The van der Waals surface area contributed by atoms with Crippen molar-refractivity contribution in [1.29, 1.82) is 0 Å². The van der Waals surface area contributed by atoms with E-state index in [0.29, 0.717) is 33.5 Å². The highest BCUT2D eigenvalue weighted by Gasteiger charge is 2.32. The van der Waals surface area contributed by atoms with Crippen LogP contribution in [-0.4, -0.2) is 23.5 Å². The molecular formula is C20H19BrN2O4. The van der Waals surface area contributed by atoms with E-state index in [2.05, 4.69) is 26.6 Å². The molecule has 1 heterocycles. The number of hydrogen-bond acceptors (Lipinski definition) is 4. The van der Waals surface area contributed by atoms with E-state index in [4.69, 9.17) is 4.74 Å². The van der Waals surface area contributed by atoms with Gasteiger partial charge in [-0.1, -0.05) is 30.3 Å². The highest BCUT2D eigenvalue weighted by atomic mass is 79.9. The average molecular weight is 431 g/mol. The Morgan fingerprint density at radius 2 is 1.96 bits per heavy atom. The van der Waals surface area contributed by atoms with E-state index in [-0.39, 0.29) is 17.3 Å². The van der Waals surface area contributed by atoms with Crippen LogP contribution in [0.15, 0.2) is 58.2 Å². The standard InChI is InChI=1S/C20H19BrN2O4/c1-3-27-15-10-13(9-14(21)19(15)25)17-16(11(2)22-20(26)23-17)18(24)12-7-5-4-6-8-12/h4-10,17,25H,3H2,1-2H3,(H2,22,23,26). The van der Waals surface area contributed by atoms with Crippen molar-refractivity contribution in [2.75, 3.05) is 6.61 Å². The number of ketones is 1. The molecule has 1 aliphatic heterocycles. The van der Waals surface area contributed by atoms with Gasteiger partial charge in [0.2, 0.25) is 0 Å². The van der Waals surface area contributed by atoms with Gasteiger partial charge in [-0.3, -0.25) is 4.79 Å². The van der Waals surface area contributed by atoms with Crippen LogP contribution < -0.4 is 15.4 Å². The van der Waals surface area contributed by atoms with Crippen molar-refractivity contribution < 1.29 is 19.4 Å². The number of ether oxygens (including phenoxy) is 1. The van der Waals surface area contributed by atoms with Crippen LogP contribution in [0.4, 0.5) is 4.79 Å². The number of carbonyl (C=O) groups is 2. The molecule has 1 unspecified atom stereocenters. The number of phenols is 1. The molecule has 140 valence electrons. The average Bonchev–Trinajstić information content (AvgIpc) is 2.65. The van der Waals surface area contributed by atoms with Crippen molar-refractivity contribution in [2.24, 2.45) is 0 Å². The van der Waals surface area contributed by atoms with Gasteiger partial charge in [0.15, 0.2) is 17.3 Å². The zero-order valence-corrected chi connectivity index (χ0v) is 16.5. The van der Waals surface area contributed by atoms with Crippen LogP contribution in [0.1, 0.15) is 35.8 Å². The van der Waals surface area contributed by atoms with E-state index in [1.165, 1.54) is 0 Å². The lowest BCUT2D eigenvalue weighted by Crippen LogP contribution is -2.45. The lowest BCUT2D eigenvalue weighted by Gasteiger charge is -2.29. The second kappa shape index (κ2) is 7.84. The SMILES string of the molecule is CCOc1cc(C2NC(=O)NC(C)=C2C(=O)c2ccccc2)cc(Br)c1O. The molecule has 2 aromatic carbocycles. The van der Waals surface area contributed by atoms with Crippen LogP contribution in [0.5, 0.6) is 11.5 Å². The molecule has 0 radical (unpaired) electrons. The Morgan fingerprint density at radius 3 is 2.63 bits per heavy atom. The largest absolute Gasteiger partial charge is 0.503 e. The minimum atomic E-state index is -0.678. The Labute approximate surface area is 165 Å². The summed E-state index contributed by atoms with van der Waals surface area (Å²) >= 11 is 3.31. The normalized spacial score (nSPS) is 16.6. The fourth-order valence-electron chi connectivity index (χ4n) is 3.02. The highest BCUT2D eigenvalue weighted by Crippen LogP contribution is 2.39. The predicted molar refractivity (Wildman–Crippen MR) is 105 cm³/mol. The molecule has 0 bridgehead atoms. The monoisotopic (exact) mass is 430 g/mol. The molecule has 27 heavy (non-hydrogen) atoms. The molecule has 7 heteroatoms. The van der Waals surface area contributed by atoms with Crippen molar-refractivity contribution >= 4 is 27.7 Å². The molecule has 3 rings (SSSR count). The summed E-state index contributed by atoms with van der Waals surface area (Å²) in [4.78, 5) is 25.2. The number of nitrogens with one attached hydrogen (secondary N) is 2. The number of halogens is 1. The zero-order valence-electron chi connectivity index (χ0n) is 14.9. The third-order valence-corrected chi connectivity index (χ3v) is 4.84. The number of allylic oxidation sites excluding steroid dienone is 1. The molecule has 0 saturated heterocycles. The first-order valence-electron chi connectivity index (χ1n) is 8.45. The molecule has 6 nitrogen and oxygen atoms in total. The van der Waals surface area contributed by atoms with Gasteiger partial charge in [0.1, 0.15) is 0 Å². The van der Waals surface area contributed by atoms with E-state index in [9.17, 15) is 14.7 Å². The second-order valence-electron chi connectivity index (χ2n) is 6.05. The Morgan fingerprint density at radius 1 is 1.26 bits per heavy atom. The molecule has 3 N–H and O–H groups in total. The van der Waals surface area contributed by atoms with Crippen LogP contribution in [-0.2, 0) is 0 Å². The van der Waals surface area contributed by atoms with Crippen molar-refractivity contribution in [3.8, 4) is 11.5 Å². The molecular weight excluding hydrogens is 412 g/mol. The van der Waals surface area contributed by atoms with Gasteiger partial charge in [0, 0.05) is 16.8 Å². The summed E-state index contributed by atoms with van der Waals surface area (Å²) in [5.41, 5.74) is 2.06. The van der Waals surface area contributed by atoms with E-state index in [1.54, 1.807) is 50.2 Å². The second-order valence-corrected chi connectivity index (χ2v) is 6.90. The van der Waals surface area contributed by atoms with Crippen LogP contribution in [0, 0.1) is 0 Å². The number of hydrogen-bond donors (Lipinski definition) is 3. The predicted octanol–water partition coefficient (Wildman–Crippen LogP) is 4.06. The summed E-state index contributed by atoms with van der Waals surface area (Å²) in [5, 5.41) is 15.6.